The molecule has 1 aromatic heterocycles. The van der Waals surface area contributed by atoms with Gasteiger partial charge in [0.1, 0.15) is 0 Å². The topological polar surface area (TPSA) is 58.6 Å². The van der Waals surface area contributed by atoms with Crippen LogP contribution < -0.4 is 5.32 Å². The summed E-state index contributed by atoms with van der Waals surface area (Å²) < 4.78 is 5.98. The van der Waals surface area contributed by atoms with E-state index in [0.717, 1.165) is 25.2 Å². The van der Waals surface area contributed by atoms with E-state index in [2.05, 4.69) is 10.2 Å². The molecule has 27 heavy (non-hydrogen) atoms. The van der Waals surface area contributed by atoms with Gasteiger partial charge in [0, 0.05) is 32.5 Å². The summed E-state index contributed by atoms with van der Waals surface area (Å²) in [4.78, 5) is 27.6. The van der Waals surface area contributed by atoms with Crippen LogP contribution in [0.2, 0.25) is 4.34 Å². The standard InChI is InChI=1S/C20H23ClN2O3S/c21-19-8-7-18(27-19)17(24)6-9-20(25)22-16(15-4-2-1-3-5-15)14-23-10-12-26-13-11-23/h1-5,7-8,16H,6,9-14H2,(H,22,25). The number of Topliss-reactive ketones (excluding diaryl/α,β-unsaturated/α-hetero) is 1. The van der Waals surface area contributed by atoms with Crippen LogP contribution in [-0.4, -0.2) is 49.4 Å². The molecule has 144 valence electrons. The highest BCUT2D eigenvalue weighted by atomic mass is 35.5. The van der Waals surface area contributed by atoms with Gasteiger partial charge < -0.3 is 10.1 Å². The van der Waals surface area contributed by atoms with E-state index in [1.807, 2.05) is 30.3 Å². The fourth-order valence-corrected chi connectivity index (χ4v) is 4.05. The number of morpholine rings is 1. The van der Waals surface area contributed by atoms with Crippen molar-refractivity contribution in [3.63, 3.8) is 0 Å². The minimum Gasteiger partial charge on any atom is -0.379 e. The van der Waals surface area contributed by atoms with Crippen molar-refractivity contribution in [1.29, 1.82) is 0 Å². The van der Waals surface area contributed by atoms with Crippen LogP contribution in [0.1, 0.15) is 34.1 Å². The normalized spacial score (nSPS) is 16.0. The van der Waals surface area contributed by atoms with E-state index < -0.39 is 0 Å². The van der Waals surface area contributed by atoms with Crippen LogP contribution in [0.4, 0.5) is 0 Å². The number of ketones is 1. The zero-order chi connectivity index (χ0) is 19.1. The summed E-state index contributed by atoms with van der Waals surface area (Å²) in [6.07, 6.45) is 0.350. The van der Waals surface area contributed by atoms with Crippen LogP contribution in [0.3, 0.4) is 0 Å². The Balaban J connectivity index is 1.57. The molecule has 0 radical (unpaired) electrons. The molecule has 1 aliphatic rings. The Morgan fingerprint density at radius 1 is 1.11 bits per heavy atom. The molecule has 0 spiro atoms. The number of thiophene rings is 1. The molecule has 1 saturated heterocycles. The third-order valence-electron chi connectivity index (χ3n) is 4.51. The third-order valence-corrected chi connectivity index (χ3v) is 5.78. The summed E-state index contributed by atoms with van der Waals surface area (Å²) in [6, 6.07) is 13.2. The largest absolute Gasteiger partial charge is 0.379 e. The molecule has 7 heteroatoms. The smallest absolute Gasteiger partial charge is 0.220 e. The Hall–Kier alpha value is -1.73. The number of ether oxygens (including phenoxy) is 1. The SMILES string of the molecule is O=C(CCC(=O)c1ccc(Cl)s1)NC(CN1CCOCC1)c1ccccc1. The minimum atomic E-state index is -0.117. The number of benzene rings is 1. The maximum absolute atomic E-state index is 12.5. The lowest BCUT2D eigenvalue weighted by Crippen LogP contribution is -2.43. The van der Waals surface area contributed by atoms with E-state index in [9.17, 15) is 9.59 Å². The first-order chi connectivity index (χ1) is 13.1. The van der Waals surface area contributed by atoms with Gasteiger partial charge in [-0.15, -0.1) is 11.3 Å². The number of carbonyl (C=O) groups excluding carboxylic acids is 2. The number of halogens is 1. The van der Waals surface area contributed by atoms with Gasteiger partial charge in [-0.2, -0.15) is 0 Å². The molecule has 5 nitrogen and oxygen atoms in total. The third kappa shape index (κ3) is 6.14. The number of rotatable bonds is 8. The van der Waals surface area contributed by atoms with E-state index in [1.165, 1.54) is 11.3 Å². The lowest BCUT2D eigenvalue weighted by molar-refractivity contribution is -0.122. The summed E-state index contributed by atoms with van der Waals surface area (Å²) in [7, 11) is 0. The van der Waals surface area contributed by atoms with Gasteiger partial charge in [0.2, 0.25) is 5.91 Å². The van der Waals surface area contributed by atoms with E-state index in [0.29, 0.717) is 22.4 Å². The van der Waals surface area contributed by atoms with Gasteiger partial charge in [0.25, 0.3) is 0 Å². The molecule has 1 N–H and O–H groups in total. The molecular weight excluding hydrogens is 384 g/mol. The molecule has 1 aromatic carbocycles. The van der Waals surface area contributed by atoms with E-state index >= 15 is 0 Å². The first kappa shape index (κ1) is 20.0. The Labute approximate surface area is 168 Å². The van der Waals surface area contributed by atoms with Gasteiger partial charge in [-0.25, -0.2) is 0 Å². The Bertz CT molecular complexity index is 760. The molecule has 2 aromatic rings. The highest BCUT2D eigenvalue weighted by Gasteiger charge is 2.20. The maximum Gasteiger partial charge on any atom is 0.220 e. The predicted molar refractivity (Wildman–Crippen MR) is 107 cm³/mol. The first-order valence-electron chi connectivity index (χ1n) is 9.05. The molecule has 1 unspecified atom stereocenters. The second kappa shape index (κ2) is 9.99. The lowest BCUT2D eigenvalue weighted by Gasteiger charge is -2.31. The van der Waals surface area contributed by atoms with E-state index in [1.54, 1.807) is 12.1 Å². The summed E-state index contributed by atoms with van der Waals surface area (Å²) in [5.74, 6) is -0.167. The summed E-state index contributed by atoms with van der Waals surface area (Å²) in [5, 5.41) is 3.10. The Kier molecular flexibility index (Phi) is 7.41. The van der Waals surface area contributed by atoms with Crippen molar-refractivity contribution in [3.8, 4) is 0 Å². The van der Waals surface area contributed by atoms with Gasteiger partial charge in [-0.3, -0.25) is 14.5 Å². The summed E-state index contributed by atoms with van der Waals surface area (Å²) in [6.45, 7) is 3.88. The minimum absolute atomic E-state index is 0.0495. The van der Waals surface area contributed by atoms with Crippen molar-refractivity contribution in [2.75, 3.05) is 32.8 Å². The lowest BCUT2D eigenvalue weighted by atomic mass is 10.1. The van der Waals surface area contributed by atoms with Gasteiger partial charge in [-0.05, 0) is 17.7 Å². The average Bonchev–Trinajstić information content (AvgIpc) is 3.13. The molecule has 2 heterocycles. The van der Waals surface area contributed by atoms with Gasteiger partial charge in [0.05, 0.1) is 28.5 Å². The summed E-state index contributed by atoms with van der Waals surface area (Å²) in [5.41, 5.74) is 1.06. The van der Waals surface area contributed by atoms with Crippen LogP contribution in [-0.2, 0) is 9.53 Å². The van der Waals surface area contributed by atoms with Crippen molar-refractivity contribution in [2.45, 2.75) is 18.9 Å². The van der Waals surface area contributed by atoms with Crippen molar-refractivity contribution in [2.24, 2.45) is 0 Å². The van der Waals surface area contributed by atoms with Crippen LogP contribution in [0.5, 0.6) is 0 Å². The van der Waals surface area contributed by atoms with Crippen LogP contribution >= 0.6 is 22.9 Å². The zero-order valence-electron chi connectivity index (χ0n) is 15.0. The zero-order valence-corrected chi connectivity index (χ0v) is 16.6. The van der Waals surface area contributed by atoms with Crippen LogP contribution in [0.15, 0.2) is 42.5 Å². The number of carbonyl (C=O) groups is 2. The quantitative estimate of drug-likeness (QED) is 0.681. The van der Waals surface area contributed by atoms with Crippen molar-refractivity contribution < 1.29 is 14.3 Å². The second-order valence-corrected chi connectivity index (χ2v) is 8.19. The van der Waals surface area contributed by atoms with Crippen LogP contribution in [0, 0.1) is 0 Å². The monoisotopic (exact) mass is 406 g/mol. The molecule has 1 aliphatic heterocycles. The average molecular weight is 407 g/mol. The molecule has 0 bridgehead atoms. The van der Waals surface area contributed by atoms with Gasteiger partial charge in [0.15, 0.2) is 5.78 Å². The second-order valence-electron chi connectivity index (χ2n) is 6.47. The predicted octanol–water partition coefficient (Wildman–Crippen LogP) is 3.55. The van der Waals surface area contributed by atoms with Crippen molar-refractivity contribution >= 4 is 34.6 Å². The highest BCUT2D eigenvalue weighted by Crippen LogP contribution is 2.23. The molecule has 0 aliphatic carbocycles. The fraction of sp³-hybridized carbons (Fsp3) is 0.400. The Morgan fingerprint density at radius 3 is 2.52 bits per heavy atom. The molecular formula is C20H23ClN2O3S. The fourth-order valence-electron chi connectivity index (χ4n) is 3.04. The van der Waals surface area contributed by atoms with E-state index in [-0.39, 0.29) is 30.6 Å². The molecule has 3 rings (SSSR count). The number of amides is 1. The highest BCUT2D eigenvalue weighted by molar-refractivity contribution is 7.18. The number of nitrogens with zero attached hydrogens (tertiary/aromatic N) is 1. The first-order valence-corrected chi connectivity index (χ1v) is 10.2. The molecule has 1 amide bonds. The Morgan fingerprint density at radius 2 is 1.85 bits per heavy atom. The number of hydrogen-bond acceptors (Lipinski definition) is 5. The number of nitrogens with one attached hydrogen (secondary N) is 1. The molecule has 1 atom stereocenters. The number of hydrogen-bond donors (Lipinski definition) is 1. The van der Waals surface area contributed by atoms with Gasteiger partial charge >= 0.3 is 0 Å². The van der Waals surface area contributed by atoms with Crippen molar-refractivity contribution in [3.05, 3.63) is 57.2 Å². The summed E-state index contributed by atoms with van der Waals surface area (Å²) >= 11 is 7.12. The molecule has 1 fully saturated rings. The molecule has 0 saturated carbocycles. The maximum atomic E-state index is 12.5. The van der Waals surface area contributed by atoms with Crippen LogP contribution in [0.25, 0.3) is 0 Å². The van der Waals surface area contributed by atoms with E-state index in [4.69, 9.17) is 16.3 Å². The van der Waals surface area contributed by atoms with Gasteiger partial charge in [-0.1, -0.05) is 41.9 Å². The van der Waals surface area contributed by atoms with Crippen molar-refractivity contribution in [1.82, 2.24) is 10.2 Å².